The number of carbonyl (C=O) groups is 5. The normalized spacial score (nSPS) is 12.3. The summed E-state index contributed by atoms with van der Waals surface area (Å²) < 4.78 is 56.7. The Kier molecular flexibility index (Phi) is 35.3. The molecule has 2 aliphatic carbocycles. The smallest absolute Gasteiger partial charge is 0.338 e. The van der Waals surface area contributed by atoms with Gasteiger partial charge >= 0.3 is 23.9 Å². The molecule has 2 aliphatic rings. The summed E-state index contributed by atoms with van der Waals surface area (Å²) in [6, 6.07) is 34.7. The molecule has 0 bridgehead atoms. The van der Waals surface area contributed by atoms with Gasteiger partial charge in [-0.25, -0.2) is 13.6 Å². The second-order valence-electron chi connectivity index (χ2n) is 24.5. The van der Waals surface area contributed by atoms with E-state index in [1.807, 2.05) is 42.5 Å². The summed E-state index contributed by atoms with van der Waals surface area (Å²) in [5.41, 5.74) is 10.5. The lowest BCUT2D eigenvalue weighted by Gasteiger charge is -2.14. The first kappa shape index (κ1) is 87.3. The van der Waals surface area contributed by atoms with Gasteiger partial charge in [-0.2, -0.15) is 0 Å². The van der Waals surface area contributed by atoms with Crippen LogP contribution in [0, 0.1) is 24.6 Å². The number of hydrogen-bond donors (Lipinski definition) is 9. The predicted octanol–water partition coefficient (Wildman–Crippen LogP) is 22.7. The van der Waals surface area contributed by atoms with Gasteiger partial charge < -0.3 is 66.0 Å². The molecule has 0 aromatic heterocycles. The minimum absolute atomic E-state index is 0.00720. The van der Waals surface area contributed by atoms with Crippen molar-refractivity contribution >= 4 is 220 Å². The van der Waals surface area contributed by atoms with Crippen LogP contribution in [-0.2, 0) is 69.7 Å². The summed E-state index contributed by atoms with van der Waals surface area (Å²) in [6.07, 6.45) is 3.50. The molecule has 1 unspecified atom stereocenters. The number of carbonyl (C=O) groups excluding carboxylic acids is 1. The Morgan fingerprint density at radius 2 is 0.849 bits per heavy atom. The number of carboxylic acid groups (broad SMARTS) is 4. The molecule has 2 saturated carbocycles. The van der Waals surface area contributed by atoms with Gasteiger partial charge in [-0.1, -0.05) is 40.9 Å². The average molecular weight is 2040 g/mol. The zero-order chi connectivity index (χ0) is 77.5. The van der Waals surface area contributed by atoms with Crippen LogP contribution < -0.4 is 45.5 Å². The Labute approximate surface area is 694 Å². The van der Waals surface area contributed by atoms with Crippen LogP contribution in [0.25, 0.3) is 0 Å². The molecule has 1 amide bonds. The summed E-state index contributed by atoms with van der Waals surface area (Å²) in [4.78, 5) is 54.3. The van der Waals surface area contributed by atoms with Crippen molar-refractivity contribution in [3.8, 4) is 23.0 Å². The number of amides is 1. The van der Waals surface area contributed by atoms with Crippen LogP contribution in [-0.4, -0.2) is 83.6 Å². The number of nitrogens with one attached hydrogen (secondary N) is 5. The van der Waals surface area contributed by atoms with E-state index in [0.717, 1.165) is 84.3 Å². The molecule has 0 saturated heterocycles. The van der Waals surface area contributed by atoms with E-state index in [9.17, 15) is 32.8 Å². The summed E-state index contributed by atoms with van der Waals surface area (Å²) in [7, 11) is 3.42. The fraction of sp³-hybridized carbons (Fsp3) is 0.293. The number of benzene rings is 8. The highest BCUT2D eigenvalue weighted by molar-refractivity contribution is 9.12. The van der Waals surface area contributed by atoms with Crippen molar-refractivity contribution in [2.75, 3.05) is 53.8 Å². The van der Waals surface area contributed by atoms with E-state index in [4.69, 9.17) is 74.2 Å². The first-order chi connectivity index (χ1) is 50.3. The zero-order valence-corrected chi connectivity index (χ0v) is 71.8. The molecule has 0 heterocycles. The van der Waals surface area contributed by atoms with Crippen molar-refractivity contribution in [1.82, 2.24) is 0 Å². The molecule has 8 aromatic rings. The van der Waals surface area contributed by atoms with E-state index in [1.165, 1.54) is 37.8 Å². The number of carboxylic acids is 4. The van der Waals surface area contributed by atoms with Gasteiger partial charge in [0.2, 0.25) is 12.1 Å². The Bertz CT molecular complexity index is 4380. The molecule has 8 aromatic carbocycles. The third-order valence-corrected chi connectivity index (χ3v) is 20.9. The number of aliphatic carboxylic acids is 4. The SMILES string of the molecule is CNc1cc(Cl)cc(COc2c(Br)cc(CCC(=O)O)cc2Br)c1F.CNc1cc(Cl)cc(COc2c(Br)cc(NC(=O)CC(=O)O)cc2Br)c1.Cc1cc(COc2c(Br)cc(CC(F)C(=O)O)cc2Br)cc(NCC2CC2)c1.O=C(O)CCc1cc(Br)c(OCc2cc(Cl)cc(NCC3CC3)c2)c(Br)c1. The highest BCUT2D eigenvalue weighted by atomic mass is 79.9. The maximum atomic E-state index is 14.3. The lowest BCUT2D eigenvalue weighted by Crippen LogP contribution is -2.17. The van der Waals surface area contributed by atoms with Gasteiger partial charge in [0.25, 0.3) is 0 Å². The quantitative estimate of drug-likeness (QED) is 0.0177. The molecule has 9 N–H and O–H groups in total. The van der Waals surface area contributed by atoms with Crippen LogP contribution in [0.4, 0.5) is 37.2 Å². The highest BCUT2D eigenvalue weighted by Gasteiger charge is 2.24. The van der Waals surface area contributed by atoms with Crippen LogP contribution >= 0.6 is 162 Å². The standard InChI is InChI=1S/C21H22Br2FNO3.C20H20Br2ClNO3.C17H15Br2ClFNO3.C17H15Br2ClN2O4/c1-12-4-15(6-16(5-12)25-10-13-2-3-13)11-28-20-17(22)7-14(8-18(20)23)9-19(24)21(26)27;21-17-7-13(3-4-19(25)26)8-18(22)20(17)27-11-14-5-15(23)9-16(6-14)24-10-12-1-2-12;1-22-14-7-11(20)6-10(16(14)21)8-25-17-12(18)4-9(5-13(17)19)2-3-15(23)24;1-21-11-3-9(2-10(20)4-11)8-26-17-13(18)5-12(6-14(17)19)22-15(23)7-16(24)25/h4-8,13,19,25H,2-3,9-11H2,1H3,(H,26,27);5-9,12,24H,1-4,10-11H2,(H,25,26);4-7,22H,2-3,8H2,1H3,(H,23,24);2-6,21H,7-8H2,1H3,(H,22,23)(H,24,25). The van der Waals surface area contributed by atoms with E-state index in [2.05, 4.69) is 185 Å². The third-order valence-electron chi connectivity index (χ3n) is 15.5. The van der Waals surface area contributed by atoms with Crippen LogP contribution in [0.1, 0.15) is 89.5 Å². The van der Waals surface area contributed by atoms with Gasteiger partial charge in [-0.15, -0.1) is 0 Å². The van der Waals surface area contributed by atoms with Gasteiger partial charge in [0.15, 0.2) is 5.82 Å². The highest BCUT2D eigenvalue weighted by Crippen LogP contribution is 2.41. The number of hydrogen-bond acceptors (Lipinski definition) is 13. The van der Waals surface area contributed by atoms with E-state index >= 15 is 0 Å². The maximum absolute atomic E-state index is 14.3. The van der Waals surface area contributed by atoms with Crippen LogP contribution in [0.2, 0.25) is 15.1 Å². The molecule has 106 heavy (non-hydrogen) atoms. The van der Waals surface area contributed by atoms with E-state index < -0.39 is 48.2 Å². The maximum Gasteiger partial charge on any atom is 0.338 e. The molecule has 2 fully saturated rings. The van der Waals surface area contributed by atoms with Gasteiger partial charge in [0.1, 0.15) is 55.8 Å². The fourth-order valence-corrected chi connectivity index (χ4v) is 16.7. The lowest BCUT2D eigenvalue weighted by molar-refractivity contribution is -0.143. The minimum Gasteiger partial charge on any atom is -0.487 e. The van der Waals surface area contributed by atoms with Crippen molar-refractivity contribution in [2.45, 2.75) is 104 Å². The number of halogens is 13. The number of anilines is 5. The zero-order valence-electron chi connectivity index (χ0n) is 56.9. The number of aryl methyl sites for hydroxylation is 3. The molecule has 0 aliphatic heterocycles. The molecule has 566 valence electrons. The van der Waals surface area contributed by atoms with Crippen molar-refractivity contribution < 1.29 is 72.1 Å². The summed E-state index contributed by atoms with van der Waals surface area (Å²) >= 11 is 45.8. The molecule has 31 heteroatoms. The Balaban J connectivity index is 0.000000197. The molecule has 18 nitrogen and oxygen atoms in total. The molecule has 0 radical (unpaired) electrons. The second kappa shape index (κ2) is 42.9. The van der Waals surface area contributed by atoms with Gasteiger partial charge in [0.05, 0.1) is 41.5 Å². The summed E-state index contributed by atoms with van der Waals surface area (Å²) in [5, 5.41) is 51.9. The van der Waals surface area contributed by atoms with Crippen LogP contribution in [0.3, 0.4) is 0 Å². The Morgan fingerprint density at radius 3 is 1.25 bits per heavy atom. The fourth-order valence-electron chi connectivity index (χ4n) is 10.0. The van der Waals surface area contributed by atoms with E-state index in [1.54, 1.807) is 50.5 Å². The Morgan fingerprint density at radius 1 is 0.462 bits per heavy atom. The number of ether oxygens (including phenoxy) is 4. The van der Waals surface area contributed by atoms with Crippen LogP contribution in [0.15, 0.2) is 151 Å². The number of alkyl halides is 1. The molecule has 0 spiro atoms. The predicted molar refractivity (Wildman–Crippen MR) is 441 cm³/mol. The van der Waals surface area contributed by atoms with Gasteiger partial charge in [-0.05, 0) is 333 Å². The number of rotatable bonds is 32. The van der Waals surface area contributed by atoms with Crippen molar-refractivity contribution in [2.24, 2.45) is 11.8 Å². The van der Waals surface area contributed by atoms with E-state index in [0.29, 0.717) is 113 Å². The summed E-state index contributed by atoms with van der Waals surface area (Å²) in [6.45, 7) is 5.09. The van der Waals surface area contributed by atoms with Crippen molar-refractivity contribution in [3.05, 3.63) is 216 Å². The third kappa shape index (κ3) is 29.8. The Hall–Kier alpha value is -5.92. The second-order valence-corrected chi connectivity index (χ2v) is 32.6. The van der Waals surface area contributed by atoms with Gasteiger partial charge in [-0.3, -0.25) is 19.2 Å². The van der Waals surface area contributed by atoms with Gasteiger partial charge in [0, 0.05) is 89.8 Å². The van der Waals surface area contributed by atoms with Crippen molar-refractivity contribution in [3.63, 3.8) is 0 Å². The van der Waals surface area contributed by atoms with Crippen molar-refractivity contribution in [1.29, 1.82) is 0 Å². The molecular formula is C75H72Br8Cl3F2N5O13. The van der Waals surface area contributed by atoms with E-state index in [-0.39, 0.29) is 32.5 Å². The molecule has 1 atom stereocenters. The molecular weight excluding hydrogens is 1960 g/mol. The average Bonchev–Trinajstić information content (AvgIpc) is 1.21. The first-order valence-electron chi connectivity index (χ1n) is 32.6. The largest absolute Gasteiger partial charge is 0.487 e. The minimum atomic E-state index is -1.93. The molecule has 10 rings (SSSR count). The van der Waals surface area contributed by atoms with Crippen LogP contribution in [0.5, 0.6) is 23.0 Å². The monoisotopic (exact) mass is 2020 g/mol. The topological polar surface area (TPSA) is 263 Å². The first-order valence-corrected chi connectivity index (χ1v) is 40.1. The lowest BCUT2D eigenvalue weighted by atomic mass is 10.1. The summed E-state index contributed by atoms with van der Waals surface area (Å²) in [5.74, 6) is -1.42.